The molecule has 0 aliphatic carbocycles. The highest BCUT2D eigenvalue weighted by molar-refractivity contribution is 7.99. The third kappa shape index (κ3) is 2.52. The Hall–Kier alpha value is -1.56. The van der Waals surface area contributed by atoms with Crippen LogP contribution in [-0.2, 0) is 0 Å². The minimum atomic E-state index is -2.41. The summed E-state index contributed by atoms with van der Waals surface area (Å²) >= 11 is 0.506. The van der Waals surface area contributed by atoms with Crippen molar-refractivity contribution in [2.45, 2.75) is 10.7 Å². The SMILES string of the molecule is Nc1cc(-c2ccc(SC(F)F)cc2)no1. The van der Waals surface area contributed by atoms with Gasteiger partial charge in [-0.25, -0.2) is 0 Å². The number of benzene rings is 1. The Kier molecular flexibility index (Phi) is 3.09. The van der Waals surface area contributed by atoms with Gasteiger partial charge < -0.3 is 10.3 Å². The van der Waals surface area contributed by atoms with Crippen molar-refractivity contribution in [3.8, 4) is 11.3 Å². The highest BCUT2D eigenvalue weighted by Gasteiger charge is 2.07. The number of anilines is 1. The third-order valence-electron chi connectivity index (χ3n) is 1.90. The third-order valence-corrected chi connectivity index (χ3v) is 2.63. The molecule has 16 heavy (non-hydrogen) atoms. The smallest absolute Gasteiger partial charge is 0.288 e. The molecule has 1 aromatic carbocycles. The molecule has 0 fully saturated rings. The molecule has 0 amide bonds. The molecule has 2 aromatic rings. The van der Waals surface area contributed by atoms with Crippen LogP contribution in [0.5, 0.6) is 0 Å². The van der Waals surface area contributed by atoms with Gasteiger partial charge in [0, 0.05) is 16.5 Å². The van der Waals surface area contributed by atoms with E-state index in [-0.39, 0.29) is 5.88 Å². The first-order valence-corrected chi connectivity index (χ1v) is 5.30. The van der Waals surface area contributed by atoms with Crippen molar-refractivity contribution in [1.29, 1.82) is 0 Å². The molecule has 0 spiro atoms. The number of nitrogen functional groups attached to an aromatic ring is 1. The van der Waals surface area contributed by atoms with Crippen LogP contribution in [0.3, 0.4) is 0 Å². The lowest BCUT2D eigenvalue weighted by atomic mass is 10.1. The zero-order valence-electron chi connectivity index (χ0n) is 8.06. The van der Waals surface area contributed by atoms with Crippen LogP contribution in [0, 0.1) is 0 Å². The van der Waals surface area contributed by atoms with E-state index >= 15 is 0 Å². The Balaban J connectivity index is 2.19. The van der Waals surface area contributed by atoms with Crippen LogP contribution in [-0.4, -0.2) is 10.9 Å². The lowest BCUT2D eigenvalue weighted by molar-refractivity contribution is 0.252. The van der Waals surface area contributed by atoms with Gasteiger partial charge in [0.05, 0.1) is 0 Å². The van der Waals surface area contributed by atoms with Gasteiger partial charge in [-0.05, 0) is 12.1 Å². The highest BCUT2D eigenvalue weighted by Crippen LogP contribution is 2.28. The molecule has 0 aliphatic heterocycles. The molecule has 0 atom stereocenters. The lowest BCUT2D eigenvalue weighted by Crippen LogP contribution is -1.82. The van der Waals surface area contributed by atoms with Gasteiger partial charge in [0.2, 0.25) is 5.88 Å². The number of thioether (sulfide) groups is 1. The Bertz CT molecular complexity index is 470. The molecule has 0 radical (unpaired) electrons. The second kappa shape index (κ2) is 4.52. The van der Waals surface area contributed by atoms with E-state index in [1.165, 1.54) is 0 Å². The van der Waals surface area contributed by atoms with Crippen LogP contribution >= 0.6 is 11.8 Å². The van der Waals surface area contributed by atoms with E-state index in [1.807, 2.05) is 0 Å². The Morgan fingerprint density at radius 3 is 2.44 bits per heavy atom. The molecule has 0 saturated carbocycles. The normalized spacial score (nSPS) is 10.9. The number of rotatable bonds is 3. The van der Waals surface area contributed by atoms with E-state index in [1.54, 1.807) is 30.3 Å². The Morgan fingerprint density at radius 2 is 1.94 bits per heavy atom. The summed E-state index contributed by atoms with van der Waals surface area (Å²) in [4.78, 5) is 0.509. The van der Waals surface area contributed by atoms with Gasteiger partial charge in [-0.15, -0.1) is 0 Å². The molecule has 3 nitrogen and oxygen atoms in total. The molecular formula is C10H8F2N2OS. The minimum Gasteiger partial charge on any atom is -0.368 e. The van der Waals surface area contributed by atoms with E-state index in [2.05, 4.69) is 5.16 Å². The van der Waals surface area contributed by atoms with Gasteiger partial charge >= 0.3 is 0 Å². The molecule has 84 valence electrons. The monoisotopic (exact) mass is 242 g/mol. The van der Waals surface area contributed by atoms with E-state index < -0.39 is 5.76 Å². The van der Waals surface area contributed by atoms with Crippen LogP contribution in [0.25, 0.3) is 11.3 Å². The largest absolute Gasteiger partial charge is 0.368 e. The van der Waals surface area contributed by atoms with E-state index in [0.717, 1.165) is 5.56 Å². The molecule has 6 heteroatoms. The molecule has 0 bridgehead atoms. The minimum absolute atomic E-state index is 0.223. The molecule has 1 aromatic heterocycles. The summed E-state index contributed by atoms with van der Waals surface area (Å²) in [6.45, 7) is 0. The number of aromatic nitrogens is 1. The van der Waals surface area contributed by atoms with Gasteiger partial charge in [0.1, 0.15) is 5.69 Å². The predicted octanol–water partition coefficient (Wildman–Crippen LogP) is 3.24. The van der Waals surface area contributed by atoms with E-state index in [4.69, 9.17) is 10.3 Å². The number of nitrogens with two attached hydrogens (primary N) is 1. The van der Waals surface area contributed by atoms with Crippen LogP contribution < -0.4 is 5.73 Å². The van der Waals surface area contributed by atoms with Crippen LogP contribution in [0.4, 0.5) is 14.7 Å². The fraction of sp³-hybridized carbons (Fsp3) is 0.100. The quantitative estimate of drug-likeness (QED) is 0.839. The van der Waals surface area contributed by atoms with Crippen LogP contribution in [0.1, 0.15) is 0 Å². The molecule has 0 unspecified atom stereocenters. The second-order valence-electron chi connectivity index (χ2n) is 3.02. The maximum atomic E-state index is 12.1. The summed E-state index contributed by atoms with van der Waals surface area (Å²) in [6.07, 6.45) is 0. The number of hydrogen-bond acceptors (Lipinski definition) is 4. The predicted molar refractivity (Wildman–Crippen MR) is 58.2 cm³/mol. The zero-order valence-corrected chi connectivity index (χ0v) is 8.88. The maximum Gasteiger partial charge on any atom is 0.288 e. The first-order valence-electron chi connectivity index (χ1n) is 4.42. The van der Waals surface area contributed by atoms with E-state index in [0.29, 0.717) is 22.4 Å². The summed E-state index contributed by atoms with van der Waals surface area (Å²) < 4.78 is 28.8. The summed E-state index contributed by atoms with van der Waals surface area (Å²) in [7, 11) is 0. The van der Waals surface area contributed by atoms with Gasteiger partial charge in [0.25, 0.3) is 5.76 Å². The number of alkyl halides is 2. The van der Waals surface area contributed by atoms with Crippen molar-refractivity contribution in [1.82, 2.24) is 5.16 Å². The van der Waals surface area contributed by atoms with Crippen LogP contribution in [0.15, 0.2) is 39.8 Å². The Labute approximate surface area is 94.6 Å². The molecule has 2 rings (SSSR count). The molecule has 2 N–H and O–H groups in total. The first kappa shape index (κ1) is 10.9. The number of nitrogens with zero attached hydrogens (tertiary/aromatic N) is 1. The topological polar surface area (TPSA) is 52.0 Å². The van der Waals surface area contributed by atoms with Crippen LogP contribution in [0.2, 0.25) is 0 Å². The molecular weight excluding hydrogens is 234 g/mol. The Morgan fingerprint density at radius 1 is 1.25 bits per heavy atom. The summed E-state index contributed by atoms with van der Waals surface area (Å²) in [5, 5.41) is 3.72. The average Bonchev–Trinajstić information content (AvgIpc) is 2.65. The zero-order chi connectivity index (χ0) is 11.5. The summed E-state index contributed by atoms with van der Waals surface area (Å²) in [6, 6.07) is 8.19. The fourth-order valence-electron chi connectivity index (χ4n) is 1.23. The van der Waals surface area contributed by atoms with Crippen molar-refractivity contribution >= 4 is 17.6 Å². The van der Waals surface area contributed by atoms with E-state index in [9.17, 15) is 8.78 Å². The molecule has 0 aliphatic rings. The lowest BCUT2D eigenvalue weighted by Gasteiger charge is -2.00. The maximum absolute atomic E-state index is 12.1. The summed E-state index contributed by atoms with van der Waals surface area (Å²) in [5.41, 5.74) is 6.75. The highest BCUT2D eigenvalue weighted by atomic mass is 32.2. The van der Waals surface area contributed by atoms with Crippen molar-refractivity contribution in [3.63, 3.8) is 0 Å². The van der Waals surface area contributed by atoms with Crippen molar-refractivity contribution in [3.05, 3.63) is 30.3 Å². The van der Waals surface area contributed by atoms with Gasteiger partial charge in [-0.1, -0.05) is 29.1 Å². The standard InChI is InChI=1S/C10H8F2N2OS/c11-10(12)16-7-3-1-6(2-4-7)8-5-9(13)15-14-8/h1-5,10H,13H2. The number of hydrogen-bond donors (Lipinski definition) is 1. The number of halogens is 2. The first-order chi connectivity index (χ1) is 7.65. The van der Waals surface area contributed by atoms with Crippen molar-refractivity contribution in [2.24, 2.45) is 0 Å². The average molecular weight is 242 g/mol. The van der Waals surface area contributed by atoms with Gasteiger partial charge in [-0.3, -0.25) is 0 Å². The van der Waals surface area contributed by atoms with Gasteiger partial charge in [-0.2, -0.15) is 8.78 Å². The second-order valence-corrected chi connectivity index (χ2v) is 4.08. The fourth-order valence-corrected chi connectivity index (χ4v) is 1.73. The van der Waals surface area contributed by atoms with Gasteiger partial charge in [0.15, 0.2) is 0 Å². The molecule has 1 heterocycles. The van der Waals surface area contributed by atoms with Crippen molar-refractivity contribution in [2.75, 3.05) is 5.73 Å². The summed E-state index contributed by atoms with van der Waals surface area (Å²) in [5.74, 6) is -2.19. The molecule has 0 saturated heterocycles. The van der Waals surface area contributed by atoms with Crippen molar-refractivity contribution < 1.29 is 13.3 Å².